The zero-order chi connectivity index (χ0) is 27.4. The van der Waals surface area contributed by atoms with Gasteiger partial charge in [-0.3, -0.25) is 4.98 Å². The number of ether oxygens (including phenoxy) is 1. The number of carbonyl (C=O) groups is 1. The molecule has 0 radical (unpaired) electrons. The Hall–Kier alpha value is -4.31. The molecule has 1 saturated carbocycles. The number of aromatic nitrogens is 5. The largest absolute Gasteiger partial charge is 0.444 e. The van der Waals surface area contributed by atoms with Crippen LogP contribution in [0.25, 0.3) is 5.69 Å². The molecule has 200 valence electrons. The number of rotatable bonds is 6. The van der Waals surface area contributed by atoms with Crippen molar-refractivity contribution in [1.29, 1.82) is 5.26 Å². The van der Waals surface area contributed by atoms with Gasteiger partial charge in [-0.25, -0.2) is 14.2 Å². The van der Waals surface area contributed by atoms with E-state index >= 15 is 4.39 Å². The molecule has 0 saturated heterocycles. The smallest absolute Gasteiger partial charge is 0.408 e. The van der Waals surface area contributed by atoms with Gasteiger partial charge in [-0.2, -0.15) is 15.5 Å². The minimum Gasteiger partial charge on any atom is -0.444 e. The fraction of sp³-hybridized carbons (Fsp3) is 0.440. The fourth-order valence-corrected chi connectivity index (χ4v) is 4.19. The number of aryl methyl sites for hydroxylation is 1. The number of alkyl carbamates (subject to hydrolysis) is 1. The van der Waals surface area contributed by atoms with E-state index in [1.54, 1.807) is 45.4 Å². The van der Waals surface area contributed by atoms with E-state index in [-0.39, 0.29) is 17.2 Å². The number of amides is 1. The zero-order valence-electron chi connectivity index (χ0n) is 21.6. The van der Waals surface area contributed by atoms with Gasteiger partial charge in [-0.1, -0.05) is 0 Å². The van der Waals surface area contributed by atoms with Crippen molar-refractivity contribution in [1.82, 2.24) is 30.3 Å². The Bertz CT molecular complexity index is 1340. The van der Waals surface area contributed by atoms with Crippen LogP contribution < -0.4 is 16.0 Å². The van der Waals surface area contributed by atoms with Crippen LogP contribution in [-0.4, -0.2) is 60.0 Å². The van der Waals surface area contributed by atoms with Crippen LogP contribution in [0.15, 0.2) is 30.7 Å². The number of nitriles is 1. The predicted molar refractivity (Wildman–Crippen MR) is 137 cm³/mol. The summed E-state index contributed by atoms with van der Waals surface area (Å²) < 4.78 is 20.3. The summed E-state index contributed by atoms with van der Waals surface area (Å²) in [5.41, 5.74) is 1.06. The van der Waals surface area contributed by atoms with E-state index in [0.29, 0.717) is 36.3 Å². The van der Waals surface area contributed by atoms with Gasteiger partial charge in [-0.05, 0) is 59.1 Å². The van der Waals surface area contributed by atoms with Crippen LogP contribution in [0.1, 0.15) is 51.3 Å². The first-order chi connectivity index (χ1) is 18.0. The summed E-state index contributed by atoms with van der Waals surface area (Å²) in [5.74, 6) is -0.767. The Morgan fingerprint density at radius 1 is 1.24 bits per heavy atom. The van der Waals surface area contributed by atoms with Gasteiger partial charge in [0.25, 0.3) is 0 Å². The molecule has 13 heteroatoms. The number of halogens is 1. The molecule has 1 amide bonds. The number of hydrogen-bond acceptors (Lipinski definition) is 10. The molecule has 0 unspecified atom stereocenters. The van der Waals surface area contributed by atoms with Crippen molar-refractivity contribution in [3.8, 4) is 11.8 Å². The summed E-state index contributed by atoms with van der Waals surface area (Å²) in [6.45, 7) is 7.02. The molecule has 1 fully saturated rings. The molecule has 3 atom stereocenters. The average Bonchev–Trinajstić information content (AvgIpc) is 3.38. The van der Waals surface area contributed by atoms with Crippen molar-refractivity contribution < 1.29 is 19.0 Å². The van der Waals surface area contributed by atoms with Crippen LogP contribution in [0.3, 0.4) is 0 Å². The highest BCUT2D eigenvalue weighted by atomic mass is 19.1. The maximum absolute atomic E-state index is 15.0. The number of aliphatic hydroxyl groups is 1. The molecule has 4 rings (SSSR count). The third-order valence-electron chi connectivity index (χ3n) is 5.92. The summed E-state index contributed by atoms with van der Waals surface area (Å²) in [4.78, 5) is 22.5. The SMILES string of the molecule is Cc1ncc(Nc2nc(N[C@@H]3CCC[C@@H](O)[C@@H]3NC(=O)OC(C)(C)C)c(F)cc2C#N)cc1-n1nccn1. The number of nitrogens with one attached hydrogen (secondary N) is 3. The Balaban J connectivity index is 1.59. The summed E-state index contributed by atoms with van der Waals surface area (Å²) >= 11 is 0. The van der Waals surface area contributed by atoms with Crippen molar-refractivity contribution in [2.75, 3.05) is 10.6 Å². The molecule has 3 aromatic heterocycles. The minimum atomic E-state index is -0.860. The molecular weight excluding hydrogens is 493 g/mol. The first-order valence-corrected chi connectivity index (χ1v) is 12.2. The summed E-state index contributed by atoms with van der Waals surface area (Å²) in [6.07, 6.45) is 4.78. The van der Waals surface area contributed by atoms with Gasteiger partial charge in [-0.15, -0.1) is 4.80 Å². The maximum atomic E-state index is 15.0. The topological polar surface area (TPSA) is 163 Å². The van der Waals surface area contributed by atoms with Crippen LogP contribution in [0.5, 0.6) is 0 Å². The molecule has 1 aliphatic carbocycles. The Kier molecular flexibility index (Phi) is 7.72. The van der Waals surface area contributed by atoms with Crippen LogP contribution in [0.2, 0.25) is 0 Å². The second-order valence-corrected chi connectivity index (χ2v) is 10.0. The summed E-state index contributed by atoms with van der Waals surface area (Å²) in [7, 11) is 0. The molecular formula is C25H30FN9O3. The summed E-state index contributed by atoms with van der Waals surface area (Å²) in [5, 5.41) is 37.2. The number of hydrogen-bond donors (Lipinski definition) is 4. The van der Waals surface area contributed by atoms with Crippen LogP contribution >= 0.6 is 0 Å². The number of carbonyl (C=O) groups excluding carboxylic acids is 1. The van der Waals surface area contributed by atoms with Crippen molar-refractivity contribution in [2.24, 2.45) is 0 Å². The van der Waals surface area contributed by atoms with Crippen molar-refractivity contribution in [2.45, 2.75) is 70.7 Å². The molecule has 12 nitrogen and oxygen atoms in total. The third-order valence-corrected chi connectivity index (χ3v) is 5.92. The van der Waals surface area contributed by atoms with E-state index in [1.807, 2.05) is 13.0 Å². The quantitative estimate of drug-likeness (QED) is 0.377. The van der Waals surface area contributed by atoms with Gasteiger partial charge in [0.1, 0.15) is 17.4 Å². The lowest BCUT2D eigenvalue weighted by molar-refractivity contribution is 0.0343. The van der Waals surface area contributed by atoms with Crippen LogP contribution in [-0.2, 0) is 4.74 Å². The van der Waals surface area contributed by atoms with E-state index in [2.05, 4.69) is 36.1 Å². The van der Waals surface area contributed by atoms with Gasteiger partial charge >= 0.3 is 6.09 Å². The van der Waals surface area contributed by atoms with Crippen molar-refractivity contribution >= 4 is 23.4 Å². The van der Waals surface area contributed by atoms with E-state index in [1.165, 1.54) is 4.80 Å². The first kappa shape index (κ1) is 26.7. The zero-order valence-corrected chi connectivity index (χ0v) is 21.6. The second-order valence-electron chi connectivity index (χ2n) is 10.0. The molecule has 0 bridgehead atoms. The lowest BCUT2D eigenvalue weighted by Crippen LogP contribution is -2.56. The molecule has 3 aromatic rings. The lowest BCUT2D eigenvalue weighted by Gasteiger charge is -2.37. The normalized spacial score (nSPS) is 19.3. The Morgan fingerprint density at radius 3 is 2.66 bits per heavy atom. The van der Waals surface area contributed by atoms with Gasteiger partial charge in [0.05, 0.1) is 53.7 Å². The fourth-order valence-electron chi connectivity index (χ4n) is 4.19. The molecule has 38 heavy (non-hydrogen) atoms. The highest BCUT2D eigenvalue weighted by molar-refractivity contribution is 5.69. The third kappa shape index (κ3) is 6.33. The van der Waals surface area contributed by atoms with Crippen molar-refractivity contribution in [3.63, 3.8) is 0 Å². The van der Waals surface area contributed by atoms with Crippen LogP contribution in [0.4, 0.5) is 26.5 Å². The number of nitrogens with zero attached hydrogens (tertiary/aromatic N) is 6. The average molecular weight is 524 g/mol. The number of aliphatic hydroxyl groups excluding tert-OH is 1. The molecule has 4 N–H and O–H groups in total. The van der Waals surface area contributed by atoms with Crippen molar-refractivity contribution in [3.05, 3.63) is 47.8 Å². The van der Waals surface area contributed by atoms with Gasteiger partial charge in [0, 0.05) is 0 Å². The standard InChI is InChI=1S/C25H30FN9O3/c1-14-19(35-29-8-9-30-35)11-16(13-28-14)31-22-15(12-27)10-17(26)23(34-22)32-18-6-5-7-20(36)21(18)33-24(37)38-25(2,3)4/h8-11,13,18,20-21,36H,5-7H2,1-4H3,(H,33,37)(H2,31,32,34)/t18-,20-,21-/m1/s1. The predicted octanol–water partition coefficient (Wildman–Crippen LogP) is 3.34. The Morgan fingerprint density at radius 2 is 1.97 bits per heavy atom. The molecule has 0 aromatic carbocycles. The van der Waals surface area contributed by atoms with E-state index in [4.69, 9.17) is 4.74 Å². The highest BCUT2D eigenvalue weighted by Gasteiger charge is 2.35. The monoisotopic (exact) mass is 523 g/mol. The Labute approximate surface area is 219 Å². The molecule has 1 aliphatic rings. The van der Waals surface area contributed by atoms with Gasteiger partial charge in [0.2, 0.25) is 0 Å². The molecule has 3 heterocycles. The van der Waals surface area contributed by atoms with E-state index < -0.39 is 35.7 Å². The highest BCUT2D eigenvalue weighted by Crippen LogP contribution is 2.28. The lowest BCUT2D eigenvalue weighted by atomic mass is 9.88. The first-order valence-electron chi connectivity index (χ1n) is 12.2. The number of anilines is 3. The second kappa shape index (κ2) is 11.0. The maximum Gasteiger partial charge on any atom is 0.408 e. The summed E-state index contributed by atoms with van der Waals surface area (Å²) in [6, 6.07) is 3.49. The molecule has 0 spiro atoms. The van der Waals surface area contributed by atoms with Gasteiger partial charge < -0.3 is 25.8 Å². The number of pyridine rings is 2. The minimum absolute atomic E-state index is 0.0144. The van der Waals surface area contributed by atoms with Gasteiger partial charge in [0.15, 0.2) is 17.5 Å². The van der Waals surface area contributed by atoms with Crippen LogP contribution in [0, 0.1) is 24.1 Å². The van der Waals surface area contributed by atoms with E-state index in [0.717, 1.165) is 6.07 Å². The van der Waals surface area contributed by atoms with E-state index in [9.17, 15) is 15.2 Å². The molecule has 0 aliphatic heterocycles.